The number of aryl methyl sites for hydroxylation is 4. The van der Waals surface area contributed by atoms with E-state index in [-0.39, 0.29) is 5.82 Å². The number of aliphatic hydroxyl groups is 1. The molecule has 0 saturated heterocycles. The maximum atomic E-state index is 14.1. The molecule has 0 bridgehead atoms. The monoisotopic (exact) mass is 290 g/mol. The van der Waals surface area contributed by atoms with Crippen molar-refractivity contribution < 1.29 is 9.50 Å². The van der Waals surface area contributed by atoms with Crippen molar-refractivity contribution >= 4 is 0 Å². The third-order valence-electron chi connectivity index (χ3n) is 4.14. The number of aliphatic hydroxyl groups excluding tert-OH is 1. The first-order valence-electron chi connectivity index (χ1n) is 7.25. The van der Waals surface area contributed by atoms with E-state index in [4.69, 9.17) is 0 Å². The Morgan fingerprint density at radius 1 is 1.24 bits per heavy atom. The Morgan fingerprint density at radius 2 is 1.90 bits per heavy atom. The van der Waals surface area contributed by atoms with Crippen molar-refractivity contribution in [2.24, 2.45) is 7.05 Å². The van der Waals surface area contributed by atoms with Crippen LogP contribution in [0.15, 0.2) is 12.1 Å². The first-order valence-corrected chi connectivity index (χ1v) is 7.25. The molecule has 1 aromatic heterocycles. The third-order valence-corrected chi connectivity index (χ3v) is 4.14. The summed E-state index contributed by atoms with van der Waals surface area (Å²) in [5.74, 6) is -0.320. The van der Waals surface area contributed by atoms with Crippen LogP contribution in [-0.4, -0.2) is 14.9 Å². The summed E-state index contributed by atoms with van der Waals surface area (Å²) >= 11 is 0. The van der Waals surface area contributed by atoms with Gasteiger partial charge in [-0.05, 0) is 63.3 Å². The van der Waals surface area contributed by atoms with Gasteiger partial charge in [-0.3, -0.25) is 4.68 Å². The SMILES string of the molecule is Cc1cc(C)c(C(O)CCc2c(C)nn(C)c2C)c(F)c1. The van der Waals surface area contributed by atoms with Gasteiger partial charge in [-0.1, -0.05) is 6.07 Å². The first kappa shape index (κ1) is 15.7. The van der Waals surface area contributed by atoms with Crippen LogP contribution >= 0.6 is 0 Å². The Balaban J connectivity index is 2.17. The molecule has 0 saturated carbocycles. The summed E-state index contributed by atoms with van der Waals surface area (Å²) in [5.41, 5.74) is 5.31. The largest absolute Gasteiger partial charge is 0.388 e. The third kappa shape index (κ3) is 3.16. The van der Waals surface area contributed by atoms with E-state index in [0.717, 1.165) is 28.1 Å². The second-order valence-electron chi connectivity index (χ2n) is 5.80. The van der Waals surface area contributed by atoms with Gasteiger partial charge >= 0.3 is 0 Å². The average Bonchev–Trinajstić information content (AvgIpc) is 2.60. The van der Waals surface area contributed by atoms with E-state index in [1.54, 1.807) is 0 Å². The molecule has 1 N–H and O–H groups in total. The lowest BCUT2D eigenvalue weighted by Crippen LogP contribution is -2.06. The number of rotatable bonds is 4. The van der Waals surface area contributed by atoms with Gasteiger partial charge in [-0.25, -0.2) is 4.39 Å². The molecule has 0 spiro atoms. The maximum absolute atomic E-state index is 14.1. The van der Waals surface area contributed by atoms with E-state index in [9.17, 15) is 9.50 Å². The number of hydrogen-bond acceptors (Lipinski definition) is 2. The normalized spacial score (nSPS) is 12.7. The standard InChI is InChI=1S/C17H23FN2O/c1-10-8-11(2)17(15(18)9-10)16(21)7-6-14-12(3)19-20(5)13(14)4/h8-9,16,21H,6-7H2,1-5H3. The lowest BCUT2D eigenvalue weighted by atomic mass is 9.95. The van der Waals surface area contributed by atoms with E-state index in [1.165, 1.54) is 6.07 Å². The van der Waals surface area contributed by atoms with Crippen molar-refractivity contribution in [3.63, 3.8) is 0 Å². The van der Waals surface area contributed by atoms with Gasteiger partial charge in [0.1, 0.15) is 5.82 Å². The molecular weight excluding hydrogens is 267 g/mol. The summed E-state index contributed by atoms with van der Waals surface area (Å²) in [5, 5.41) is 14.7. The minimum atomic E-state index is -0.787. The van der Waals surface area contributed by atoms with Crippen molar-refractivity contribution in [2.45, 2.75) is 46.6 Å². The molecule has 0 aliphatic rings. The zero-order valence-corrected chi connectivity index (χ0v) is 13.4. The van der Waals surface area contributed by atoms with Gasteiger partial charge in [-0.15, -0.1) is 0 Å². The summed E-state index contributed by atoms with van der Waals surface area (Å²) in [7, 11) is 1.91. The summed E-state index contributed by atoms with van der Waals surface area (Å²) in [6.07, 6.45) is 0.401. The van der Waals surface area contributed by atoms with Crippen LogP contribution in [0.2, 0.25) is 0 Å². The fourth-order valence-corrected chi connectivity index (χ4v) is 2.95. The number of hydrogen-bond donors (Lipinski definition) is 1. The van der Waals surface area contributed by atoms with Crippen molar-refractivity contribution in [1.82, 2.24) is 9.78 Å². The smallest absolute Gasteiger partial charge is 0.129 e. The quantitative estimate of drug-likeness (QED) is 0.936. The van der Waals surface area contributed by atoms with Crippen LogP contribution in [0.3, 0.4) is 0 Å². The van der Waals surface area contributed by atoms with Gasteiger partial charge < -0.3 is 5.11 Å². The number of aromatic nitrogens is 2. The highest BCUT2D eigenvalue weighted by Gasteiger charge is 2.18. The lowest BCUT2D eigenvalue weighted by molar-refractivity contribution is 0.162. The van der Waals surface area contributed by atoms with Gasteiger partial charge in [0.2, 0.25) is 0 Å². The molecule has 2 rings (SSSR count). The van der Waals surface area contributed by atoms with Gasteiger partial charge in [0.05, 0.1) is 11.8 Å². The van der Waals surface area contributed by atoms with Gasteiger partial charge in [-0.2, -0.15) is 5.10 Å². The molecule has 0 amide bonds. The van der Waals surface area contributed by atoms with Crippen LogP contribution in [-0.2, 0) is 13.5 Å². The van der Waals surface area contributed by atoms with Crippen molar-refractivity contribution in [3.05, 3.63) is 51.6 Å². The van der Waals surface area contributed by atoms with E-state index in [1.807, 2.05) is 45.5 Å². The Kier molecular flexibility index (Phi) is 4.47. The highest BCUT2D eigenvalue weighted by molar-refractivity contribution is 5.34. The zero-order chi connectivity index (χ0) is 15.7. The lowest BCUT2D eigenvalue weighted by Gasteiger charge is -2.15. The topological polar surface area (TPSA) is 38.1 Å². The minimum absolute atomic E-state index is 0.320. The van der Waals surface area contributed by atoms with Gasteiger partial charge in [0.15, 0.2) is 0 Å². The summed E-state index contributed by atoms with van der Waals surface area (Å²) in [4.78, 5) is 0. The molecule has 4 heteroatoms. The molecule has 0 aliphatic heterocycles. The van der Waals surface area contributed by atoms with Crippen LogP contribution in [0.25, 0.3) is 0 Å². The Bertz CT molecular complexity index is 638. The molecule has 1 aromatic carbocycles. The zero-order valence-electron chi connectivity index (χ0n) is 13.4. The molecule has 3 nitrogen and oxygen atoms in total. The molecule has 1 atom stereocenters. The molecule has 0 radical (unpaired) electrons. The summed E-state index contributed by atoms with van der Waals surface area (Å²) in [6, 6.07) is 3.38. The van der Waals surface area contributed by atoms with E-state index < -0.39 is 6.10 Å². The van der Waals surface area contributed by atoms with Crippen LogP contribution in [0.5, 0.6) is 0 Å². The molecule has 1 unspecified atom stereocenters. The number of benzene rings is 1. The fraction of sp³-hybridized carbons (Fsp3) is 0.471. The van der Waals surface area contributed by atoms with Crippen LogP contribution in [0, 0.1) is 33.5 Å². The molecule has 0 fully saturated rings. The van der Waals surface area contributed by atoms with Crippen molar-refractivity contribution in [3.8, 4) is 0 Å². The minimum Gasteiger partial charge on any atom is -0.388 e. The highest BCUT2D eigenvalue weighted by atomic mass is 19.1. The Hall–Kier alpha value is -1.68. The first-order chi connectivity index (χ1) is 9.81. The van der Waals surface area contributed by atoms with Gasteiger partial charge in [0, 0.05) is 18.3 Å². The molecular formula is C17H23FN2O. The Morgan fingerprint density at radius 3 is 2.43 bits per heavy atom. The maximum Gasteiger partial charge on any atom is 0.129 e. The van der Waals surface area contributed by atoms with Crippen LogP contribution in [0.4, 0.5) is 4.39 Å². The number of nitrogens with zero attached hydrogens (tertiary/aromatic N) is 2. The second-order valence-corrected chi connectivity index (χ2v) is 5.80. The predicted molar refractivity (Wildman–Crippen MR) is 81.8 cm³/mol. The fourth-order valence-electron chi connectivity index (χ4n) is 2.95. The molecule has 21 heavy (non-hydrogen) atoms. The highest BCUT2D eigenvalue weighted by Crippen LogP contribution is 2.27. The van der Waals surface area contributed by atoms with E-state index >= 15 is 0 Å². The van der Waals surface area contributed by atoms with E-state index in [0.29, 0.717) is 18.4 Å². The van der Waals surface area contributed by atoms with Crippen LogP contribution in [0.1, 0.15) is 46.2 Å². The predicted octanol–water partition coefficient (Wildman–Crippen LogP) is 3.46. The van der Waals surface area contributed by atoms with Gasteiger partial charge in [0.25, 0.3) is 0 Å². The second kappa shape index (κ2) is 5.98. The Labute approximate surface area is 125 Å². The summed E-state index contributed by atoms with van der Waals surface area (Å²) in [6.45, 7) is 7.68. The molecule has 2 aromatic rings. The molecule has 114 valence electrons. The average molecular weight is 290 g/mol. The summed E-state index contributed by atoms with van der Waals surface area (Å²) < 4.78 is 15.9. The number of halogens is 1. The van der Waals surface area contributed by atoms with Crippen molar-refractivity contribution in [2.75, 3.05) is 0 Å². The molecule has 1 heterocycles. The molecule has 0 aliphatic carbocycles. The van der Waals surface area contributed by atoms with E-state index in [2.05, 4.69) is 5.10 Å². The van der Waals surface area contributed by atoms with Crippen LogP contribution < -0.4 is 0 Å². The van der Waals surface area contributed by atoms with Crippen molar-refractivity contribution in [1.29, 1.82) is 0 Å².